The molecule has 3 aromatic rings. The molecule has 0 atom stereocenters. The number of aromatic nitrogens is 3. The van der Waals surface area contributed by atoms with Gasteiger partial charge in [-0.2, -0.15) is 8.78 Å². The number of hydrogen-bond acceptors (Lipinski definition) is 6. The molecule has 0 aliphatic carbocycles. The molecule has 0 fully saturated rings. The smallest absolute Gasteiger partial charge is 0.387 e. The van der Waals surface area contributed by atoms with Gasteiger partial charge in [0, 0.05) is 18.4 Å². The minimum Gasteiger partial charge on any atom is -0.493 e. The summed E-state index contributed by atoms with van der Waals surface area (Å²) in [7, 11) is 3.06. The maximum absolute atomic E-state index is 12.5. The van der Waals surface area contributed by atoms with Crippen molar-refractivity contribution < 1.29 is 23.0 Å². The van der Waals surface area contributed by atoms with Gasteiger partial charge in [-0.3, -0.25) is 4.57 Å². The standard InChI is InChI=1S/C20H21F2N3O3S/c1-26-11-10-25-18(15-6-4-3-5-7-15)23-24-20(25)29-13-14-8-9-16(28-19(21)22)17(12-14)27-2/h3-9,12,19H,10-11,13H2,1-2H3. The molecule has 0 saturated carbocycles. The first-order valence-corrected chi connectivity index (χ1v) is 9.83. The van der Waals surface area contributed by atoms with Crippen LogP contribution in [-0.2, 0) is 17.0 Å². The van der Waals surface area contributed by atoms with E-state index in [2.05, 4.69) is 14.9 Å². The van der Waals surface area contributed by atoms with Crippen molar-refractivity contribution in [1.82, 2.24) is 14.8 Å². The Bertz CT molecular complexity index is 923. The van der Waals surface area contributed by atoms with Gasteiger partial charge in [-0.25, -0.2) is 0 Å². The van der Waals surface area contributed by atoms with Crippen molar-refractivity contribution in [2.75, 3.05) is 20.8 Å². The first-order chi connectivity index (χ1) is 14.1. The van der Waals surface area contributed by atoms with Gasteiger partial charge in [0.1, 0.15) is 0 Å². The second-order valence-electron chi connectivity index (χ2n) is 5.97. The highest BCUT2D eigenvalue weighted by Crippen LogP contribution is 2.32. The zero-order valence-electron chi connectivity index (χ0n) is 16.0. The van der Waals surface area contributed by atoms with Crippen molar-refractivity contribution in [1.29, 1.82) is 0 Å². The zero-order valence-corrected chi connectivity index (χ0v) is 16.9. The van der Waals surface area contributed by atoms with Crippen LogP contribution < -0.4 is 9.47 Å². The topological polar surface area (TPSA) is 58.4 Å². The molecule has 0 unspecified atom stereocenters. The van der Waals surface area contributed by atoms with E-state index in [-0.39, 0.29) is 11.5 Å². The zero-order chi connectivity index (χ0) is 20.6. The van der Waals surface area contributed by atoms with Crippen LogP contribution in [0.5, 0.6) is 11.5 Å². The number of rotatable bonds is 10. The predicted molar refractivity (Wildman–Crippen MR) is 107 cm³/mol. The Kier molecular flexibility index (Phi) is 7.42. The largest absolute Gasteiger partial charge is 0.493 e. The molecule has 3 rings (SSSR count). The number of alkyl halides is 2. The average molecular weight is 421 g/mol. The third-order valence-electron chi connectivity index (χ3n) is 4.08. The minimum absolute atomic E-state index is 0.00544. The number of thioether (sulfide) groups is 1. The molecule has 0 spiro atoms. The van der Waals surface area contributed by atoms with Crippen LogP contribution in [0.2, 0.25) is 0 Å². The number of methoxy groups -OCH3 is 2. The summed E-state index contributed by atoms with van der Waals surface area (Å²) in [6, 6.07) is 14.7. The van der Waals surface area contributed by atoms with Gasteiger partial charge < -0.3 is 14.2 Å². The normalized spacial score (nSPS) is 11.1. The summed E-state index contributed by atoms with van der Waals surface area (Å²) in [6.45, 7) is -1.76. The monoisotopic (exact) mass is 421 g/mol. The predicted octanol–water partition coefficient (Wildman–Crippen LogP) is 4.49. The van der Waals surface area contributed by atoms with Crippen molar-refractivity contribution in [2.24, 2.45) is 0 Å². The third kappa shape index (κ3) is 5.45. The molecule has 0 bridgehead atoms. The van der Waals surface area contributed by atoms with E-state index in [0.717, 1.165) is 22.1 Å². The van der Waals surface area contributed by atoms with Crippen LogP contribution in [0.15, 0.2) is 53.7 Å². The van der Waals surface area contributed by atoms with E-state index in [9.17, 15) is 8.78 Å². The van der Waals surface area contributed by atoms with Crippen LogP contribution in [0, 0.1) is 0 Å². The van der Waals surface area contributed by atoms with Crippen LogP contribution in [0.3, 0.4) is 0 Å². The summed E-state index contributed by atoms with van der Waals surface area (Å²) < 4.78 is 41.8. The molecule has 9 heteroatoms. The highest BCUT2D eigenvalue weighted by atomic mass is 32.2. The summed E-state index contributed by atoms with van der Waals surface area (Å²) in [5, 5.41) is 9.41. The maximum atomic E-state index is 12.5. The number of hydrogen-bond donors (Lipinski definition) is 0. The summed E-state index contributed by atoms with van der Waals surface area (Å²) in [5.41, 5.74) is 1.86. The third-order valence-corrected chi connectivity index (χ3v) is 5.12. The lowest BCUT2D eigenvalue weighted by atomic mass is 10.2. The Hall–Kier alpha value is -2.65. The molecule has 0 amide bonds. The van der Waals surface area contributed by atoms with Gasteiger partial charge in [0.25, 0.3) is 0 Å². The second-order valence-corrected chi connectivity index (χ2v) is 6.91. The fraction of sp³-hybridized carbons (Fsp3) is 0.300. The van der Waals surface area contributed by atoms with Crippen molar-refractivity contribution in [3.63, 3.8) is 0 Å². The number of benzene rings is 2. The Morgan fingerprint density at radius 1 is 1.03 bits per heavy atom. The number of ether oxygens (including phenoxy) is 3. The molecular formula is C20H21F2N3O3S. The fourth-order valence-corrected chi connectivity index (χ4v) is 3.63. The average Bonchev–Trinajstić information content (AvgIpc) is 3.14. The van der Waals surface area contributed by atoms with Crippen LogP contribution in [0.1, 0.15) is 5.56 Å². The Labute approximate surface area is 171 Å². The van der Waals surface area contributed by atoms with E-state index >= 15 is 0 Å². The van der Waals surface area contributed by atoms with E-state index in [1.807, 2.05) is 34.9 Å². The summed E-state index contributed by atoms with van der Waals surface area (Å²) in [6.07, 6.45) is 0. The molecular weight excluding hydrogens is 400 g/mol. The van der Waals surface area contributed by atoms with E-state index < -0.39 is 6.61 Å². The summed E-state index contributed by atoms with van der Waals surface area (Å²) >= 11 is 1.49. The molecule has 29 heavy (non-hydrogen) atoms. The second kappa shape index (κ2) is 10.2. The van der Waals surface area contributed by atoms with Gasteiger partial charge >= 0.3 is 6.61 Å². The van der Waals surface area contributed by atoms with Crippen molar-refractivity contribution in [2.45, 2.75) is 24.1 Å². The molecule has 0 aliphatic heterocycles. The number of nitrogens with zero attached hydrogens (tertiary/aromatic N) is 3. The van der Waals surface area contributed by atoms with E-state index in [0.29, 0.717) is 18.9 Å². The molecule has 0 radical (unpaired) electrons. The highest BCUT2D eigenvalue weighted by molar-refractivity contribution is 7.98. The quantitative estimate of drug-likeness (QED) is 0.450. The summed E-state index contributed by atoms with van der Waals surface area (Å²) in [4.78, 5) is 0. The van der Waals surface area contributed by atoms with E-state index in [1.54, 1.807) is 19.2 Å². The Morgan fingerprint density at radius 2 is 1.83 bits per heavy atom. The van der Waals surface area contributed by atoms with Crippen molar-refractivity contribution >= 4 is 11.8 Å². The molecule has 0 aliphatic rings. The van der Waals surface area contributed by atoms with Gasteiger partial charge in [0.05, 0.1) is 20.3 Å². The van der Waals surface area contributed by atoms with Gasteiger partial charge in [-0.15, -0.1) is 10.2 Å². The molecule has 0 saturated heterocycles. The van der Waals surface area contributed by atoms with Gasteiger partial charge in [-0.1, -0.05) is 48.2 Å². The lowest BCUT2D eigenvalue weighted by Gasteiger charge is -2.12. The molecule has 0 N–H and O–H groups in total. The van der Waals surface area contributed by atoms with Crippen LogP contribution in [-0.4, -0.2) is 42.2 Å². The lowest BCUT2D eigenvalue weighted by molar-refractivity contribution is -0.0512. The Morgan fingerprint density at radius 3 is 2.52 bits per heavy atom. The fourth-order valence-electron chi connectivity index (χ4n) is 2.72. The lowest BCUT2D eigenvalue weighted by Crippen LogP contribution is -2.07. The molecule has 1 aromatic heterocycles. The van der Waals surface area contributed by atoms with Crippen LogP contribution in [0.4, 0.5) is 8.78 Å². The maximum Gasteiger partial charge on any atom is 0.387 e. The molecule has 154 valence electrons. The minimum atomic E-state index is -2.90. The van der Waals surface area contributed by atoms with Gasteiger partial charge in [0.2, 0.25) is 0 Å². The van der Waals surface area contributed by atoms with Gasteiger partial charge in [0.15, 0.2) is 22.5 Å². The van der Waals surface area contributed by atoms with Crippen molar-refractivity contribution in [3.05, 3.63) is 54.1 Å². The van der Waals surface area contributed by atoms with Crippen LogP contribution in [0.25, 0.3) is 11.4 Å². The number of halogens is 2. The van der Waals surface area contributed by atoms with E-state index in [1.165, 1.54) is 24.9 Å². The first kappa shape index (κ1) is 21.1. The Balaban J connectivity index is 1.79. The molecule has 1 heterocycles. The summed E-state index contributed by atoms with van der Waals surface area (Å²) in [5.74, 6) is 1.59. The van der Waals surface area contributed by atoms with Crippen LogP contribution >= 0.6 is 11.8 Å². The molecule has 6 nitrogen and oxygen atoms in total. The van der Waals surface area contributed by atoms with Gasteiger partial charge in [-0.05, 0) is 17.7 Å². The molecule has 2 aromatic carbocycles. The highest BCUT2D eigenvalue weighted by Gasteiger charge is 2.15. The van der Waals surface area contributed by atoms with E-state index in [4.69, 9.17) is 9.47 Å². The first-order valence-electron chi connectivity index (χ1n) is 8.84. The SMILES string of the molecule is COCCn1c(SCc2ccc(OC(F)F)c(OC)c2)nnc1-c1ccccc1. The van der Waals surface area contributed by atoms with Crippen molar-refractivity contribution in [3.8, 4) is 22.9 Å².